The molecule has 96 valence electrons. The molecule has 0 bridgehead atoms. The van der Waals surface area contributed by atoms with Crippen molar-refractivity contribution in [2.75, 3.05) is 7.11 Å². The average molecular weight is 333 g/mol. The van der Waals surface area contributed by atoms with Crippen LogP contribution in [-0.4, -0.2) is 7.11 Å². The third-order valence-corrected chi connectivity index (χ3v) is 5.57. The smallest absolute Gasteiger partial charge is 0.118 e. The maximum atomic E-state index is 5.19. The molecule has 3 heteroatoms. The second kappa shape index (κ2) is 4.99. The van der Waals surface area contributed by atoms with Crippen LogP contribution in [0.25, 0.3) is 21.2 Å². The monoisotopic (exact) mass is 332 g/mol. The lowest BCUT2D eigenvalue weighted by atomic mass is 10.0. The number of fused-ring (bicyclic) bond motifs is 1. The van der Waals surface area contributed by atoms with Crippen LogP contribution >= 0.6 is 27.3 Å². The number of ether oxygens (including phenoxy) is 1. The molecule has 0 N–H and O–H groups in total. The minimum absolute atomic E-state index is 0.888. The summed E-state index contributed by atoms with van der Waals surface area (Å²) in [6.45, 7) is 2.14. The van der Waals surface area contributed by atoms with E-state index in [2.05, 4.69) is 53.2 Å². The number of thiophene rings is 1. The molecule has 0 spiro atoms. The Morgan fingerprint density at radius 1 is 1.00 bits per heavy atom. The number of hydrogen-bond acceptors (Lipinski definition) is 2. The van der Waals surface area contributed by atoms with Crippen LogP contribution in [0.5, 0.6) is 5.75 Å². The molecule has 19 heavy (non-hydrogen) atoms. The van der Waals surface area contributed by atoms with E-state index < -0.39 is 0 Å². The molecule has 0 aliphatic rings. The molecule has 0 unspecified atom stereocenters. The van der Waals surface area contributed by atoms with Gasteiger partial charge in [0.2, 0.25) is 0 Å². The van der Waals surface area contributed by atoms with Gasteiger partial charge in [0.25, 0.3) is 0 Å². The van der Waals surface area contributed by atoms with Crippen LogP contribution in [0, 0.1) is 6.92 Å². The first-order valence-electron chi connectivity index (χ1n) is 6.02. The normalized spacial score (nSPS) is 10.9. The highest BCUT2D eigenvalue weighted by Gasteiger charge is 2.07. The van der Waals surface area contributed by atoms with Crippen LogP contribution in [0.2, 0.25) is 0 Å². The first-order valence-corrected chi connectivity index (χ1v) is 7.63. The van der Waals surface area contributed by atoms with Gasteiger partial charge in [-0.25, -0.2) is 0 Å². The van der Waals surface area contributed by atoms with Crippen molar-refractivity contribution in [1.82, 2.24) is 0 Å². The van der Waals surface area contributed by atoms with Gasteiger partial charge < -0.3 is 4.74 Å². The SMILES string of the molecule is COc1ccc(-c2ccc3c(Br)c(C)sc3c2)cc1. The van der Waals surface area contributed by atoms with E-state index in [-0.39, 0.29) is 0 Å². The van der Waals surface area contributed by atoms with Gasteiger partial charge in [-0.15, -0.1) is 11.3 Å². The Morgan fingerprint density at radius 2 is 1.68 bits per heavy atom. The summed E-state index contributed by atoms with van der Waals surface area (Å²) < 4.78 is 7.72. The number of hydrogen-bond donors (Lipinski definition) is 0. The summed E-state index contributed by atoms with van der Waals surface area (Å²) in [4.78, 5) is 1.32. The van der Waals surface area contributed by atoms with Crippen molar-refractivity contribution in [3.8, 4) is 16.9 Å². The molecule has 1 aromatic heterocycles. The molecule has 1 nitrogen and oxygen atoms in total. The largest absolute Gasteiger partial charge is 0.497 e. The van der Waals surface area contributed by atoms with E-state index >= 15 is 0 Å². The molecule has 0 radical (unpaired) electrons. The van der Waals surface area contributed by atoms with Crippen molar-refractivity contribution < 1.29 is 4.74 Å². The van der Waals surface area contributed by atoms with Crippen molar-refractivity contribution in [1.29, 1.82) is 0 Å². The maximum absolute atomic E-state index is 5.19. The quantitative estimate of drug-likeness (QED) is 0.589. The summed E-state index contributed by atoms with van der Waals surface area (Å²) in [7, 11) is 1.69. The van der Waals surface area contributed by atoms with Gasteiger partial charge in [-0.1, -0.05) is 24.3 Å². The Bertz CT molecular complexity index is 728. The molecule has 0 aliphatic heterocycles. The molecule has 0 amide bonds. The lowest BCUT2D eigenvalue weighted by Gasteiger charge is -2.04. The van der Waals surface area contributed by atoms with Gasteiger partial charge in [-0.05, 0) is 52.2 Å². The number of aryl methyl sites for hydroxylation is 1. The number of methoxy groups -OCH3 is 1. The fourth-order valence-electron chi connectivity index (χ4n) is 2.15. The number of benzene rings is 2. The van der Waals surface area contributed by atoms with E-state index in [9.17, 15) is 0 Å². The van der Waals surface area contributed by atoms with Gasteiger partial charge in [-0.2, -0.15) is 0 Å². The summed E-state index contributed by atoms with van der Waals surface area (Å²) in [5.74, 6) is 0.888. The van der Waals surface area contributed by atoms with Gasteiger partial charge in [0.05, 0.1) is 7.11 Å². The third kappa shape index (κ3) is 2.28. The zero-order valence-electron chi connectivity index (χ0n) is 10.7. The molecule has 2 aromatic carbocycles. The van der Waals surface area contributed by atoms with Crippen LogP contribution < -0.4 is 4.74 Å². The zero-order valence-corrected chi connectivity index (χ0v) is 13.1. The van der Waals surface area contributed by atoms with E-state index in [0.29, 0.717) is 0 Å². The van der Waals surface area contributed by atoms with Crippen LogP contribution in [-0.2, 0) is 0 Å². The predicted octanol–water partition coefficient (Wildman–Crippen LogP) is 5.65. The van der Waals surface area contributed by atoms with Gasteiger partial charge in [-0.3, -0.25) is 0 Å². The van der Waals surface area contributed by atoms with E-state index in [1.54, 1.807) is 7.11 Å². The molecule has 3 rings (SSSR count). The van der Waals surface area contributed by atoms with Gasteiger partial charge >= 0.3 is 0 Å². The van der Waals surface area contributed by atoms with E-state index in [1.165, 1.54) is 30.6 Å². The summed E-state index contributed by atoms with van der Waals surface area (Å²) in [6.07, 6.45) is 0. The Morgan fingerprint density at radius 3 is 2.37 bits per heavy atom. The minimum Gasteiger partial charge on any atom is -0.497 e. The minimum atomic E-state index is 0.888. The van der Waals surface area contributed by atoms with Crippen molar-refractivity contribution in [2.45, 2.75) is 6.92 Å². The second-order valence-electron chi connectivity index (χ2n) is 4.41. The van der Waals surface area contributed by atoms with Gasteiger partial charge in [0.15, 0.2) is 0 Å². The van der Waals surface area contributed by atoms with Crippen molar-refractivity contribution >= 4 is 37.4 Å². The first-order chi connectivity index (χ1) is 9.19. The second-order valence-corrected chi connectivity index (χ2v) is 6.46. The van der Waals surface area contributed by atoms with E-state index in [0.717, 1.165) is 5.75 Å². The van der Waals surface area contributed by atoms with Crippen molar-refractivity contribution in [3.63, 3.8) is 0 Å². The fraction of sp³-hybridized carbons (Fsp3) is 0.125. The predicted molar refractivity (Wildman–Crippen MR) is 86.3 cm³/mol. The van der Waals surface area contributed by atoms with Crippen molar-refractivity contribution in [2.24, 2.45) is 0 Å². The molecule has 0 atom stereocenters. The summed E-state index contributed by atoms with van der Waals surface area (Å²) >= 11 is 5.47. The lowest BCUT2D eigenvalue weighted by Crippen LogP contribution is -1.82. The summed E-state index contributed by atoms with van der Waals surface area (Å²) in [5, 5.41) is 1.29. The molecule has 3 aromatic rings. The number of halogens is 1. The average Bonchev–Trinajstić information content (AvgIpc) is 2.74. The van der Waals surface area contributed by atoms with Crippen LogP contribution in [0.4, 0.5) is 0 Å². The molecule has 0 aliphatic carbocycles. The molecule has 0 saturated heterocycles. The Labute approximate surface area is 125 Å². The molecular weight excluding hydrogens is 320 g/mol. The highest BCUT2D eigenvalue weighted by atomic mass is 79.9. The van der Waals surface area contributed by atoms with E-state index in [4.69, 9.17) is 4.74 Å². The third-order valence-electron chi connectivity index (χ3n) is 3.21. The number of rotatable bonds is 2. The Kier molecular flexibility index (Phi) is 3.33. The van der Waals surface area contributed by atoms with Crippen LogP contribution in [0.15, 0.2) is 46.9 Å². The van der Waals surface area contributed by atoms with Crippen LogP contribution in [0.3, 0.4) is 0 Å². The Balaban J connectivity index is 2.09. The van der Waals surface area contributed by atoms with Gasteiger partial charge in [0.1, 0.15) is 5.75 Å². The fourth-order valence-corrected chi connectivity index (χ4v) is 3.87. The highest BCUT2D eigenvalue weighted by Crippen LogP contribution is 2.37. The summed E-state index contributed by atoms with van der Waals surface area (Å²) in [5.41, 5.74) is 2.45. The Hall–Kier alpha value is -1.32. The standard InChI is InChI=1S/C16H13BrOS/c1-10-16(17)14-8-5-12(9-15(14)19-10)11-3-6-13(18-2)7-4-11/h3-9H,1-2H3. The summed E-state index contributed by atoms with van der Waals surface area (Å²) in [6, 6.07) is 14.8. The van der Waals surface area contributed by atoms with Crippen LogP contribution in [0.1, 0.15) is 4.88 Å². The lowest BCUT2D eigenvalue weighted by molar-refractivity contribution is 0.415. The van der Waals surface area contributed by atoms with Gasteiger partial charge in [0, 0.05) is 19.4 Å². The molecule has 1 heterocycles. The molecule has 0 saturated carbocycles. The molecule has 0 fully saturated rings. The highest BCUT2D eigenvalue weighted by molar-refractivity contribution is 9.10. The first kappa shape index (κ1) is 12.7. The van der Waals surface area contributed by atoms with E-state index in [1.807, 2.05) is 23.5 Å². The topological polar surface area (TPSA) is 9.23 Å². The molecular formula is C16H13BrOS. The van der Waals surface area contributed by atoms with Crippen molar-refractivity contribution in [3.05, 3.63) is 51.8 Å². The maximum Gasteiger partial charge on any atom is 0.118 e. The zero-order chi connectivity index (χ0) is 13.4.